The summed E-state index contributed by atoms with van der Waals surface area (Å²) in [7, 11) is 0. The third-order valence-electron chi connectivity index (χ3n) is 5.47. The van der Waals surface area contributed by atoms with E-state index in [0.717, 1.165) is 23.7 Å². The molecule has 0 nitrogen and oxygen atoms in total. The molecule has 1 saturated carbocycles. The zero-order valence-corrected chi connectivity index (χ0v) is 11.7. The third-order valence-corrected chi connectivity index (χ3v) is 5.47. The molecule has 0 radical (unpaired) electrons. The van der Waals surface area contributed by atoms with E-state index in [9.17, 15) is 0 Å². The molecule has 0 aromatic heterocycles. The van der Waals surface area contributed by atoms with Gasteiger partial charge in [0, 0.05) is 0 Å². The molecule has 2 aliphatic rings. The number of allylic oxidation sites excluding steroid dienone is 2. The Morgan fingerprint density at radius 3 is 2.62 bits per heavy atom. The number of hydrogen-bond donors (Lipinski definition) is 0. The van der Waals surface area contributed by atoms with Gasteiger partial charge in [0.2, 0.25) is 0 Å². The first-order valence-electron chi connectivity index (χ1n) is 7.16. The van der Waals surface area contributed by atoms with E-state index >= 15 is 0 Å². The molecule has 0 aromatic rings. The Kier molecular flexibility index (Phi) is 3.20. The van der Waals surface area contributed by atoms with Crippen molar-refractivity contribution in [1.82, 2.24) is 0 Å². The predicted molar refractivity (Wildman–Crippen MR) is 71.3 cm³/mol. The molecule has 2 aliphatic carbocycles. The van der Waals surface area contributed by atoms with Crippen molar-refractivity contribution in [1.29, 1.82) is 0 Å². The zero-order valence-electron chi connectivity index (χ0n) is 11.7. The van der Waals surface area contributed by atoms with E-state index < -0.39 is 0 Å². The average molecular weight is 220 g/mol. The minimum Gasteiger partial charge on any atom is -0.0850 e. The Balaban J connectivity index is 2.34. The van der Waals surface area contributed by atoms with Crippen LogP contribution in [0.1, 0.15) is 60.3 Å². The Hall–Kier alpha value is -0.260. The van der Waals surface area contributed by atoms with Crippen molar-refractivity contribution >= 4 is 0 Å². The van der Waals surface area contributed by atoms with Gasteiger partial charge in [0.15, 0.2) is 0 Å². The molecule has 0 N–H and O–H groups in total. The molecule has 1 fully saturated rings. The zero-order chi connectivity index (χ0) is 11.9. The van der Waals surface area contributed by atoms with Crippen LogP contribution in [0.2, 0.25) is 0 Å². The summed E-state index contributed by atoms with van der Waals surface area (Å²) >= 11 is 0. The van der Waals surface area contributed by atoms with E-state index in [4.69, 9.17) is 0 Å². The highest BCUT2D eigenvalue weighted by atomic mass is 14.5. The molecule has 4 unspecified atom stereocenters. The fourth-order valence-corrected chi connectivity index (χ4v) is 4.37. The molecule has 4 atom stereocenters. The summed E-state index contributed by atoms with van der Waals surface area (Å²) in [5, 5.41) is 0. The van der Waals surface area contributed by atoms with Gasteiger partial charge < -0.3 is 0 Å². The third kappa shape index (κ3) is 1.85. The molecule has 0 heteroatoms. The van der Waals surface area contributed by atoms with Gasteiger partial charge >= 0.3 is 0 Å². The quantitative estimate of drug-likeness (QED) is 0.542. The molecule has 0 bridgehead atoms. The van der Waals surface area contributed by atoms with Crippen LogP contribution >= 0.6 is 0 Å². The molecular formula is C16H28. The van der Waals surface area contributed by atoms with Crippen molar-refractivity contribution < 1.29 is 0 Å². The van der Waals surface area contributed by atoms with Crippen molar-refractivity contribution in [2.45, 2.75) is 60.3 Å². The fourth-order valence-electron chi connectivity index (χ4n) is 4.37. The molecule has 0 aliphatic heterocycles. The monoisotopic (exact) mass is 220 g/mol. The Morgan fingerprint density at radius 2 is 2.00 bits per heavy atom. The van der Waals surface area contributed by atoms with Gasteiger partial charge in [-0.1, -0.05) is 52.7 Å². The summed E-state index contributed by atoms with van der Waals surface area (Å²) in [6, 6.07) is 0. The van der Waals surface area contributed by atoms with E-state index in [1.54, 1.807) is 5.57 Å². The highest BCUT2D eigenvalue weighted by molar-refractivity contribution is 5.19. The highest BCUT2D eigenvalue weighted by Gasteiger charge is 2.45. The lowest BCUT2D eigenvalue weighted by Gasteiger charge is -2.51. The van der Waals surface area contributed by atoms with Crippen molar-refractivity contribution in [2.75, 3.05) is 0 Å². The second kappa shape index (κ2) is 4.20. The lowest BCUT2D eigenvalue weighted by molar-refractivity contribution is 0.0562. The number of hydrogen-bond acceptors (Lipinski definition) is 0. The molecular weight excluding hydrogens is 192 g/mol. The normalized spacial score (nSPS) is 42.4. The second-order valence-electron chi connectivity index (χ2n) is 6.90. The molecule has 16 heavy (non-hydrogen) atoms. The van der Waals surface area contributed by atoms with E-state index in [1.807, 2.05) is 0 Å². The van der Waals surface area contributed by atoms with Crippen molar-refractivity contribution in [3.63, 3.8) is 0 Å². The van der Waals surface area contributed by atoms with E-state index in [1.165, 1.54) is 25.7 Å². The topological polar surface area (TPSA) is 0 Å². The Morgan fingerprint density at radius 1 is 1.31 bits per heavy atom. The van der Waals surface area contributed by atoms with Crippen LogP contribution in [0.15, 0.2) is 11.6 Å². The summed E-state index contributed by atoms with van der Waals surface area (Å²) < 4.78 is 0. The minimum absolute atomic E-state index is 0.541. The van der Waals surface area contributed by atoms with Gasteiger partial charge in [-0.2, -0.15) is 0 Å². The molecule has 2 rings (SSSR count). The van der Waals surface area contributed by atoms with Gasteiger partial charge in [-0.3, -0.25) is 0 Å². The van der Waals surface area contributed by atoms with Gasteiger partial charge in [-0.05, 0) is 48.3 Å². The van der Waals surface area contributed by atoms with Gasteiger partial charge in [-0.15, -0.1) is 0 Å². The second-order valence-corrected chi connectivity index (χ2v) is 6.90. The maximum absolute atomic E-state index is 2.57. The van der Waals surface area contributed by atoms with Crippen LogP contribution in [-0.4, -0.2) is 0 Å². The maximum Gasteiger partial charge on any atom is -0.0121 e. The molecule has 0 amide bonds. The first kappa shape index (κ1) is 12.2. The first-order chi connectivity index (χ1) is 7.47. The number of rotatable bonds is 1. The van der Waals surface area contributed by atoms with Crippen LogP contribution in [0, 0.1) is 29.1 Å². The van der Waals surface area contributed by atoms with Crippen LogP contribution in [0.5, 0.6) is 0 Å². The van der Waals surface area contributed by atoms with Crippen LogP contribution < -0.4 is 0 Å². The highest BCUT2D eigenvalue weighted by Crippen LogP contribution is 2.54. The maximum atomic E-state index is 2.57. The van der Waals surface area contributed by atoms with E-state index in [-0.39, 0.29) is 0 Å². The Labute approximate surface area is 102 Å². The van der Waals surface area contributed by atoms with Crippen molar-refractivity contribution in [3.05, 3.63) is 11.6 Å². The molecule has 92 valence electrons. The number of fused-ring (bicyclic) bond motifs is 1. The summed E-state index contributed by atoms with van der Waals surface area (Å²) in [6.07, 6.45) is 8.00. The van der Waals surface area contributed by atoms with Gasteiger partial charge in [0.25, 0.3) is 0 Å². The van der Waals surface area contributed by atoms with Gasteiger partial charge in [0.05, 0.1) is 0 Å². The molecule has 0 saturated heterocycles. The largest absolute Gasteiger partial charge is 0.0850 e. The summed E-state index contributed by atoms with van der Waals surface area (Å²) in [6.45, 7) is 12.3. The lowest BCUT2D eigenvalue weighted by atomic mass is 9.54. The lowest BCUT2D eigenvalue weighted by Crippen LogP contribution is -2.42. The minimum atomic E-state index is 0.541. The first-order valence-corrected chi connectivity index (χ1v) is 7.16. The van der Waals surface area contributed by atoms with E-state index in [2.05, 4.69) is 40.7 Å². The summed E-state index contributed by atoms with van der Waals surface area (Å²) in [5.41, 5.74) is 2.34. The van der Waals surface area contributed by atoms with Crippen molar-refractivity contribution in [2.24, 2.45) is 29.1 Å². The van der Waals surface area contributed by atoms with Gasteiger partial charge in [0.1, 0.15) is 0 Å². The average Bonchev–Trinajstić information content (AvgIpc) is 2.20. The van der Waals surface area contributed by atoms with Crippen LogP contribution in [0.25, 0.3) is 0 Å². The molecule has 0 heterocycles. The van der Waals surface area contributed by atoms with Crippen LogP contribution in [0.3, 0.4) is 0 Å². The molecule has 0 aromatic carbocycles. The van der Waals surface area contributed by atoms with Gasteiger partial charge in [-0.25, -0.2) is 0 Å². The van der Waals surface area contributed by atoms with Crippen molar-refractivity contribution in [3.8, 4) is 0 Å². The Bertz CT molecular complexity index is 284. The van der Waals surface area contributed by atoms with E-state index in [0.29, 0.717) is 5.41 Å². The smallest absolute Gasteiger partial charge is 0.0121 e. The summed E-state index contributed by atoms with van der Waals surface area (Å²) in [4.78, 5) is 0. The SMILES string of the molecule is CCC1C(C)C(C)CC2=CCCC(C)(C)C21. The van der Waals surface area contributed by atoms with Crippen LogP contribution in [-0.2, 0) is 0 Å². The van der Waals surface area contributed by atoms with Crippen LogP contribution in [0.4, 0.5) is 0 Å². The predicted octanol–water partition coefficient (Wildman–Crippen LogP) is 5.05. The standard InChI is InChI=1S/C16H28/c1-6-14-12(3)11(2)10-13-8-7-9-16(4,5)15(13)14/h8,11-12,14-15H,6-7,9-10H2,1-5H3. The fraction of sp³-hybridized carbons (Fsp3) is 0.875. The molecule has 0 spiro atoms. The summed E-state index contributed by atoms with van der Waals surface area (Å²) in [5.74, 6) is 3.59.